The first-order valence-electron chi connectivity index (χ1n) is 5.39. The molecule has 0 N–H and O–H groups in total. The monoisotopic (exact) mass is 273 g/mol. The molecule has 1 rings (SSSR count). The standard InChI is InChI=1S/C12H17BrFN/c1-3-7-15(8-4-2)12-6-5-10(13)9-11(12)14/h5-6,9H,3-4,7-8H2,1-2H3. The molecule has 3 heteroatoms. The Hall–Kier alpha value is -0.570. The van der Waals surface area contributed by atoms with Crippen LogP contribution in [-0.2, 0) is 0 Å². The Labute approximate surface area is 99.4 Å². The van der Waals surface area contributed by atoms with Gasteiger partial charge >= 0.3 is 0 Å². The van der Waals surface area contributed by atoms with E-state index in [0.717, 1.165) is 30.4 Å². The average molecular weight is 274 g/mol. The Bertz CT molecular complexity index is 308. The lowest BCUT2D eigenvalue weighted by Crippen LogP contribution is -2.25. The van der Waals surface area contributed by atoms with Crippen LogP contribution in [0.3, 0.4) is 0 Å². The molecule has 1 aromatic carbocycles. The summed E-state index contributed by atoms with van der Waals surface area (Å²) in [6.45, 7) is 6.04. The zero-order chi connectivity index (χ0) is 11.3. The molecule has 0 saturated heterocycles. The number of hydrogen-bond donors (Lipinski definition) is 0. The zero-order valence-corrected chi connectivity index (χ0v) is 10.8. The van der Waals surface area contributed by atoms with Crippen molar-refractivity contribution < 1.29 is 4.39 Å². The van der Waals surface area contributed by atoms with Crippen LogP contribution in [-0.4, -0.2) is 13.1 Å². The van der Waals surface area contributed by atoms with E-state index in [1.54, 1.807) is 0 Å². The maximum Gasteiger partial charge on any atom is 0.147 e. The molecule has 0 atom stereocenters. The van der Waals surface area contributed by atoms with Crippen LogP contribution in [0.1, 0.15) is 26.7 Å². The maximum absolute atomic E-state index is 13.7. The van der Waals surface area contributed by atoms with E-state index < -0.39 is 0 Å². The van der Waals surface area contributed by atoms with Gasteiger partial charge in [0.25, 0.3) is 0 Å². The minimum atomic E-state index is -0.147. The lowest BCUT2D eigenvalue weighted by molar-refractivity contribution is 0.612. The third-order valence-electron chi connectivity index (χ3n) is 2.24. The van der Waals surface area contributed by atoms with Gasteiger partial charge in [0, 0.05) is 17.6 Å². The van der Waals surface area contributed by atoms with E-state index in [-0.39, 0.29) is 5.82 Å². The van der Waals surface area contributed by atoms with E-state index in [0.29, 0.717) is 5.69 Å². The van der Waals surface area contributed by atoms with Gasteiger partial charge in [-0.05, 0) is 31.0 Å². The molecule has 0 radical (unpaired) electrons. The number of rotatable bonds is 5. The summed E-state index contributed by atoms with van der Waals surface area (Å²) in [5.74, 6) is -0.147. The molecule has 0 aliphatic heterocycles. The third-order valence-corrected chi connectivity index (χ3v) is 2.73. The van der Waals surface area contributed by atoms with Crippen molar-refractivity contribution >= 4 is 21.6 Å². The summed E-state index contributed by atoms with van der Waals surface area (Å²) >= 11 is 3.26. The average Bonchev–Trinajstić information content (AvgIpc) is 2.17. The maximum atomic E-state index is 13.7. The predicted molar refractivity (Wildman–Crippen MR) is 66.9 cm³/mol. The van der Waals surface area contributed by atoms with Crippen molar-refractivity contribution in [2.75, 3.05) is 18.0 Å². The van der Waals surface area contributed by atoms with Gasteiger partial charge < -0.3 is 4.90 Å². The Morgan fingerprint density at radius 3 is 2.27 bits per heavy atom. The van der Waals surface area contributed by atoms with E-state index in [4.69, 9.17) is 0 Å². The van der Waals surface area contributed by atoms with Crippen molar-refractivity contribution in [1.29, 1.82) is 0 Å². The van der Waals surface area contributed by atoms with Gasteiger partial charge in [-0.15, -0.1) is 0 Å². The van der Waals surface area contributed by atoms with Gasteiger partial charge in [0.15, 0.2) is 0 Å². The van der Waals surface area contributed by atoms with Gasteiger partial charge in [0.1, 0.15) is 5.82 Å². The first-order valence-corrected chi connectivity index (χ1v) is 6.18. The molecule has 0 aliphatic carbocycles. The van der Waals surface area contributed by atoms with E-state index in [9.17, 15) is 4.39 Å². The number of benzene rings is 1. The van der Waals surface area contributed by atoms with E-state index in [1.165, 1.54) is 6.07 Å². The highest BCUT2D eigenvalue weighted by atomic mass is 79.9. The quantitative estimate of drug-likeness (QED) is 0.777. The SMILES string of the molecule is CCCN(CCC)c1ccc(Br)cc1F. The molecule has 0 saturated carbocycles. The van der Waals surface area contributed by atoms with Crippen molar-refractivity contribution in [3.05, 3.63) is 28.5 Å². The fraction of sp³-hybridized carbons (Fsp3) is 0.500. The fourth-order valence-corrected chi connectivity index (χ4v) is 1.96. The van der Waals surface area contributed by atoms with Crippen LogP contribution in [0.5, 0.6) is 0 Å². The van der Waals surface area contributed by atoms with Crippen molar-refractivity contribution in [2.45, 2.75) is 26.7 Å². The predicted octanol–water partition coefficient (Wildman–Crippen LogP) is 4.21. The van der Waals surface area contributed by atoms with E-state index >= 15 is 0 Å². The van der Waals surface area contributed by atoms with Crippen molar-refractivity contribution in [3.8, 4) is 0 Å². The first kappa shape index (κ1) is 12.5. The molecule has 0 aliphatic rings. The second-order valence-electron chi connectivity index (χ2n) is 3.58. The minimum Gasteiger partial charge on any atom is -0.369 e. The van der Waals surface area contributed by atoms with Gasteiger partial charge in [-0.2, -0.15) is 0 Å². The molecule has 0 unspecified atom stereocenters. The summed E-state index contributed by atoms with van der Waals surface area (Å²) in [5, 5.41) is 0. The molecule has 0 heterocycles. The van der Waals surface area contributed by atoms with Gasteiger partial charge in [-0.1, -0.05) is 29.8 Å². The lowest BCUT2D eigenvalue weighted by Gasteiger charge is -2.24. The number of nitrogens with zero attached hydrogens (tertiary/aromatic N) is 1. The second kappa shape index (κ2) is 6.11. The van der Waals surface area contributed by atoms with Crippen molar-refractivity contribution in [2.24, 2.45) is 0 Å². The van der Waals surface area contributed by atoms with Gasteiger partial charge in [-0.3, -0.25) is 0 Å². The molecule has 0 fully saturated rings. The molecule has 84 valence electrons. The van der Waals surface area contributed by atoms with Crippen molar-refractivity contribution in [3.63, 3.8) is 0 Å². The number of halogens is 2. The molecule has 1 nitrogen and oxygen atoms in total. The van der Waals surface area contributed by atoms with Gasteiger partial charge in [0.05, 0.1) is 5.69 Å². The molecular formula is C12H17BrFN. The van der Waals surface area contributed by atoms with E-state index in [2.05, 4.69) is 34.7 Å². The molecule has 15 heavy (non-hydrogen) atoms. The molecule has 0 amide bonds. The minimum absolute atomic E-state index is 0.147. The molecule has 0 aromatic heterocycles. The van der Waals surface area contributed by atoms with Gasteiger partial charge in [0.2, 0.25) is 0 Å². The molecular weight excluding hydrogens is 257 g/mol. The first-order chi connectivity index (χ1) is 7.19. The Morgan fingerprint density at radius 2 is 1.80 bits per heavy atom. The highest BCUT2D eigenvalue weighted by molar-refractivity contribution is 9.10. The summed E-state index contributed by atoms with van der Waals surface area (Å²) in [4.78, 5) is 2.10. The Balaban J connectivity index is 2.89. The molecule has 1 aromatic rings. The van der Waals surface area contributed by atoms with Crippen LogP contribution in [0.4, 0.5) is 10.1 Å². The smallest absolute Gasteiger partial charge is 0.147 e. The van der Waals surface area contributed by atoms with Crippen LogP contribution in [0.2, 0.25) is 0 Å². The van der Waals surface area contributed by atoms with Crippen LogP contribution >= 0.6 is 15.9 Å². The van der Waals surface area contributed by atoms with Crippen LogP contribution < -0.4 is 4.90 Å². The van der Waals surface area contributed by atoms with Crippen molar-refractivity contribution in [1.82, 2.24) is 0 Å². The van der Waals surface area contributed by atoms with E-state index in [1.807, 2.05) is 12.1 Å². The largest absolute Gasteiger partial charge is 0.369 e. The normalized spacial score (nSPS) is 10.4. The van der Waals surface area contributed by atoms with Crippen LogP contribution in [0, 0.1) is 5.82 Å². The fourth-order valence-electron chi connectivity index (χ4n) is 1.63. The summed E-state index contributed by atoms with van der Waals surface area (Å²) in [6, 6.07) is 5.25. The third kappa shape index (κ3) is 3.49. The summed E-state index contributed by atoms with van der Waals surface area (Å²) in [7, 11) is 0. The second-order valence-corrected chi connectivity index (χ2v) is 4.50. The topological polar surface area (TPSA) is 3.24 Å². The van der Waals surface area contributed by atoms with Gasteiger partial charge in [-0.25, -0.2) is 4.39 Å². The van der Waals surface area contributed by atoms with Crippen LogP contribution in [0.15, 0.2) is 22.7 Å². The summed E-state index contributed by atoms with van der Waals surface area (Å²) in [5.41, 5.74) is 0.710. The summed E-state index contributed by atoms with van der Waals surface area (Å²) in [6.07, 6.45) is 2.07. The molecule has 0 bridgehead atoms. The zero-order valence-electron chi connectivity index (χ0n) is 9.26. The Kier molecular flexibility index (Phi) is 5.09. The highest BCUT2D eigenvalue weighted by Gasteiger charge is 2.09. The Morgan fingerprint density at radius 1 is 1.20 bits per heavy atom. The highest BCUT2D eigenvalue weighted by Crippen LogP contribution is 2.23. The number of hydrogen-bond acceptors (Lipinski definition) is 1. The summed E-state index contributed by atoms with van der Waals surface area (Å²) < 4.78 is 14.5. The molecule has 0 spiro atoms. The number of anilines is 1. The van der Waals surface area contributed by atoms with Crippen LogP contribution in [0.25, 0.3) is 0 Å². The lowest BCUT2D eigenvalue weighted by atomic mass is 10.2.